The number of hydrogen-bond acceptors (Lipinski definition) is 3. The first kappa shape index (κ1) is 10.4. The van der Waals surface area contributed by atoms with E-state index in [2.05, 4.69) is 33.4 Å². The standard InChI is InChI=1S/C9H18O2S/c1-5-6(2)8(4-10)11-9(12)7(5)3/h5-10,12H,4H2,1-3H3/t5?,6-,7-,8?,9+/m0/s1. The largest absolute Gasteiger partial charge is 0.394 e. The molecule has 1 fully saturated rings. The summed E-state index contributed by atoms with van der Waals surface area (Å²) in [5, 5.41) is 9.02. The van der Waals surface area contributed by atoms with Gasteiger partial charge in [-0.15, -0.1) is 12.6 Å². The topological polar surface area (TPSA) is 29.5 Å². The smallest absolute Gasteiger partial charge is 0.103 e. The van der Waals surface area contributed by atoms with E-state index in [9.17, 15) is 0 Å². The molecule has 0 aromatic carbocycles. The molecule has 0 radical (unpaired) electrons. The minimum absolute atomic E-state index is 0.0200. The van der Waals surface area contributed by atoms with Crippen molar-refractivity contribution in [2.24, 2.45) is 17.8 Å². The highest BCUT2D eigenvalue weighted by molar-refractivity contribution is 7.80. The van der Waals surface area contributed by atoms with Gasteiger partial charge in [-0.25, -0.2) is 0 Å². The number of ether oxygens (including phenoxy) is 1. The molecule has 1 N–H and O–H groups in total. The zero-order valence-electron chi connectivity index (χ0n) is 7.90. The van der Waals surface area contributed by atoms with Gasteiger partial charge in [-0.3, -0.25) is 0 Å². The lowest BCUT2D eigenvalue weighted by molar-refractivity contribution is -0.111. The number of thiol groups is 1. The molecular weight excluding hydrogens is 172 g/mol. The average Bonchev–Trinajstić information content (AvgIpc) is 2.08. The molecule has 0 aromatic heterocycles. The molecule has 1 aliphatic rings. The first-order valence-electron chi connectivity index (χ1n) is 4.52. The van der Waals surface area contributed by atoms with Crippen LogP contribution < -0.4 is 0 Å². The molecule has 0 saturated carbocycles. The monoisotopic (exact) mass is 190 g/mol. The van der Waals surface area contributed by atoms with Gasteiger partial charge in [-0.1, -0.05) is 20.8 Å². The summed E-state index contributed by atoms with van der Waals surface area (Å²) in [5.74, 6) is 1.46. The summed E-state index contributed by atoms with van der Waals surface area (Å²) >= 11 is 4.34. The Morgan fingerprint density at radius 2 is 1.75 bits per heavy atom. The van der Waals surface area contributed by atoms with Crippen LogP contribution in [0.5, 0.6) is 0 Å². The first-order chi connectivity index (χ1) is 5.57. The summed E-state index contributed by atoms with van der Waals surface area (Å²) in [5.41, 5.74) is -0.0200. The van der Waals surface area contributed by atoms with Crippen molar-refractivity contribution in [2.75, 3.05) is 6.61 Å². The zero-order chi connectivity index (χ0) is 9.30. The Labute approximate surface area is 79.7 Å². The number of rotatable bonds is 1. The lowest BCUT2D eigenvalue weighted by Gasteiger charge is -2.41. The van der Waals surface area contributed by atoms with Crippen LogP contribution >= 0.6 is 12.6 Å². The maximum Gasteiger partial charge on any atom is 0.103 e. The Hall–Kier alpha value is 0.270. The van der Waals surface area contributed by atoms with Crippen molar-refractivity contribution in [3.05, 3.63) is 0 Å². The first-order valence-corrected chi connectivity index (χ1v) is 5.04. The second-order valence-electron chi connectivity index (χ2n) is 3.83. The fraction of sp³-hybridized carbons (Fsp3) is 1.00. The number of aliphatic hydroxyl groups excluding tert-OH is 1. The van der Waals surface area contributed by atoms with Crippen molar-refractivity contribution < 1.29 is 9.84 Å². The van der Waals surface area contributed by atoms with Crippen molar-refractivity contribution in [1.82, 2.24) is 0 Å². The molecule has 0 spiro atoms. The van der Waals surface area contributed by atoms with Crippen LogP contribution in [0.4, 0.5) is 0 Å². The second kappa shape index (κ2) is 3.99. The molecule has 2 nitrogen and oxygen atoms in total. The molecule has 72 valence electrons. The fourth-order valence-electron chi connectivity index (χ4n) is 1.71. The maximum absolute atomic E-state index is 9.02. The van der Waals surface area contributed by atoms with Gasteiger partial charge in [0, 0.05) is 0 Å². The summed E-state index contributed by atoms with van der Waals surface area (Å²) in [6, 6.07) is 0. The summed E-state index contributed by atoms with van der Waals surface area (Å²) in [4.78, 5) is 0. The Morgan fingerprint density at radius 3 is 2.25 bits per heavy atom. The second-order valence-corrected chi connectivity index (χ2v) is 4.33. The molecule has 5 atom stereocenters. The fourth-order valence-corrected chi connectivity index (χ4v) is 2.14. The highest BCUT2D eigenvalue weighted by atomic mass is 32.1. The molecule has 1 heterocycles. The normalized spacial score (nSPS) is 49.2. The van der Waals surface area contributed by atoms with Crippen LogP contribution in [0.1, 0.15) is 20.8 Å². The van der Waals surface area contributed by atoms with E-state index in [1.54, 1.807) is 0 Å². The van der Waals surface area contributed by atoms with E-state index in [0.717, 1.165) is 0 Å². The van der Waals surface area contributed by atoms with Crippen LogP contribution in [0, 0.1) is 17.8 Å². The Morgan fingerprint density at radius 1 is 1.17 bits per heavy atom. The molecule has 0 aromatic rings. The third kappa shape index (κ3) is 1.78. The van der Waals surface area contributed by atoms with E-state index in [1.165, 1.54) is 0 Å². The maximum atomic E-state index is 9.02. The third-order valence-corrected chi connectivity index (χ3v) is 3.78. The van der Waals surface area contributed by atoms with Crippen LogP contribution in [-0.4, -0.2) is 23.3 Å². The van der Waals surface area contributed by atoms with E-state index in [4.69, 9.17) is 9.84 Å². The number of hydrogen-bond donors (Lipinski definition) is 2. The van der Waals surface area contributed by atoms with Gasteiger partial charge in [-0.2, -0.15) is 0 Å². The molecule has 0 bridgehead atoms. The molecule has 2 unspecified atom stereocenters. The Balaban J connectivity index is 2.63. The Bertz CT molecular complexity index is 147. The highest BCUT2D eigenvalue weighted by Gasteiger charge is 2.36. The van der Waals surface area contributed by atoms with Gasteiger partial charge in [-0.05, 0) is 17.8 Å². The van der Waals surface area contributed by atoms with Crippen molar-refractivity contribution >= 4 is 12.6 Å². The van der Waals surface area contributed by atoms with Crippen LogP contribution in [0.15, 0.2) is 0 Å². The lowest BCUT2D eigenvalue weighted by Crippen LogP contribution is -2.44. The van der Waals surface area contributed by atoms with E-state index >= 15 is 0 Å². The van der Waals surface area contributed by atoms with Crippen molar-refractivity contribution in [3.8, 4) is 0 Å². The van der Waals surface area contributed by atoms with Crippen LogP contribution in [0.25, 0.3) is 0 Å². The van der Waals surface area contributed by atoms with Crippen molar-refractivity contribution in [2.45, 2.75) is 32.3 Å². The van der Waals surface area contributed by atoms with E-state index < -0.39 is 0 Å². The SMILES string of the molecule is CC1[C@H](C)C(CO)O[C@H](S)[C@H]1C. The van der Waals surface area contributed by atoms with Gasteiger partial charge in [0.1, 0.15) is 5.44 Å². The van der Waals surface area contributed by atoms with Crippen LogP contribution in [-0.2, 0) is 4.74 Å². The Kier molecular flexibility index (Phi) is 3.44. The quantitative estimate of drug-likeness (QED) is 0.614. The van der Waals surface area contributed by atoms with Gasteiger partial charge < -0.3 is 9.84 Å². The molecule has 1 rings (SSSR count). The molecule has 1 saturated heterocycles. The molecule has 1 aliphatic heterocycles. The summed E-state index contributed by atoms with van der Waals surface area (Å²) in [7, 11) is 0. The highest BCUT2D eigenvalue weighted by Crippen LogP contribution is 2.35. The van der Waals surface area contributed by atoms with Gasteiger partial charge >= 0.3 is 0 Å². The van der Waals surface area contributed by atoms with E-state index in [1.807, 2.05) is 0 Å². The van der Waals surface area contributed by atoms with E-state index in [-0.39, 0.29) is 18.1 Å². The average molecular weight is 190 g/mol. The van der Waals surface area contributed by atoms with Gasteiger partial charge in [0.25, 0.3) is 0 Å². The van der Waals surface area contributed by atoms with Gasteiger partial charge in [0.05, 0.1) is 12.7 Å². The van der Waals surface area contributed by atoms with E-state index in [0.29, 0.717) is 17.8 Å². The summed E-state index contributed by atoms with van der Waals surface area (Å²) in [6.07, 6.45) is -0.0290. The molecule has 0 amide bonds. The molecular formula is C9H18O2S. The van der Waals surface area contributed by atoms with Gasteiger partial charge in [0.2, 0.25) is 0 Å². The van der Waals surface area contributed by atoms with Gasteiger partial charge in [0.15, 0.2) is 0 Å². The van der Waals surface area contributed by atoms with Crippen molar-refractivity contribution in [3.63, 3.8) is 0 Å². The van der Waals surface area contributed by atoms with Crippen molar-refractivity contribution in [1.29, 1.82) is 0 Å². The molecule has 0 aliphatic carbocycles. The zero-order valence-corrected chi connectivity index (χ0v) is 8.79. The predicted octanol–water partition coefficient (Wildman–Crippen LogP) is 1.54. The summed E-state index contributed by atoms with van der Waals surface area (Å²) < 4.78 is 5.54. The minimum atomic E-state index is -0.0290. The van der Waals surface area contributed by atoms with Crippen LogP contribution in [0.2, 0.25) is 0 Å². The summed E-state index contributed by atoms with van der Waals surface area (Å²) in [6.45, 7) is 6.58. The lowest BCUT2D eigenvalue weighted by atomic mass is 9.80. The third-order valence-electron chi connectivity index (χ3n) is 3.19. The minimum Gasteiger partial charge on any atom is -0.394 e. The molecule has 3 heteroatoms. The van der Waals surface area contributed by atoms with Crippen LogP contribution in [0.3, 0.4) is 0 Å². The molecule has 12 heavy (non-hydrogen) atoms. The predicted molar refractivity (Wildman–Crippen MR) is 52.2 cm³/mol. The number of aliphatic hydroxyl groups is 1.